The van der Waals surface area contributed by atoms with E-state index in [1.165, 1.54) is 43.6 Å². The molecule has 4 aliphatic rings. The quantitative estimate of drug-likeness (QED) is 0.671. The fourth-order valence-corrected chi connectivity index (χ4v) is 6.22. The number of amides is 1. The second-order valence-corrected chi connectivity index (χ2v) is 10.4. The van der Waals surface area contributed by atoms with Crippen LogP contribution in [0.1, 0.15) is 60.9 Å². The monoisotopic (exact) mass is 460 g/mol. The van der Waals surface area contributed by atoms with E-state index in [1.54, 1.807) is 12.4 Å². The number of nitrogens with zero attached hydrogens (tertiary/aromatic N) is 4. The molecule has 0 spiro atoms. The van der Waals surface area contributed by atoms with Gasteiger partial charge in [-0.1, -0.05) is 6.42 Å². The van der Waals surface area contributed by atoms with E-state index in [9.17, 15) is 4.79 Å². The minimum Gasteiger partial charge on any atom is -0.490 e. The number of carbonyl (C=O) groups excluding carboxylic acids is 1. The summed E-state index contributed by atoms with van der Waals surface area (Å²) >= 11 is 0. The predicted molar refractivity (Wildman–Crippen MR) is 134 cm³/mol. The van der Waals surface area contributed by atoms with Gasteiger partial charge in [-0.15, -0.1) is 0 Å². The SMILES string of the molecule is O=C(c1ccncc1)N1CCC(N2CCc3cc(OC4CCN(C5CCC5)CC4)ccc32)CC1. The van der Waals surface area contributed by atoms with Crippen molar-refractivity contribution in [3.05, 3.63) is 53.9 Å². The smallest absolute Gasteiger partial charge is 0.253 e. The number of ether oxygens (including phenoxy) is 1. The van der Waals surface area contributed by atoms with E-state index in [-0.39, 0.29) is 5.91 Å². The van der Waals surface area contributed by atoms with Crippen molar-refractivity contribution < 1.29 is 9.53 Å². The molecule has 4 heterocycles. The normalized spacial score (nSPS) is 22.5. The number of aromatic nitrogens is 1. The number of hydrogen-bond acceptors (Lipinski definition) is 5. The maximum absolute atomic E-state index is 12.8. The summed E-state index contributed by atoms with van der Waals surface area (Å²) in [7, 11) is 0. The van der Waals surface area contributed by atoms with Crippen molar-refractivity contribution in [3.8, 4) is 5.75 Å². The minimum atomic E-state index is 0.128. The van der Waals surface area contributed by atoms with E-state index in [1.807, 2.05) is 17.0 Å². The molecule has 1 aliphatic carbocycles. The zero-order valence-electron chi connectivity index (χ0n) is 20.1. The van der Waals surface area contributed by atoms with Gasteiger partial charge in [-0.25, -0.2) is 0 Å². The average Bonchev–Trinajstić information content (AvgIpc) is 3.28. The van der Waals surface area contributed by atoms with Crippen LogP contribution >= 0.6 is 0 Å². The molecular formula is C28H36N4O2. The van der Waals surface area contributed by atoms with Crippen molar-refractivity contribution in [1.29, 1.82) is 0 Å². The van der Waals surface area contributed by atoms with Crippen LogP contribution in [0.15, 0.2) is 42.7 Å². The first kappa shape index (κ1) is 21.9. The van der Waals surface area contributed by atoms with Gasteiger partial charge in [-0.05, 0) is 80.8 Å². The van der Waals surface area contributed by atoms with E-state index in [0.717, 1.165) is 69.1 Å². The van der Waals surface area contributed by atoms with E-state index in [4.69, 9.17) is 4.74 Å². The van der Waals surface area contributed by atoms with E-state index in [0.29, 0.717) is 12.1 Å². The zero-order chi connectivity index (χ0) is 22.9. The van der Waals surface area contributed by atoms with Crippen LogP contribution in [0.5, 0.6) is 5.75 Å². The molecule has 6 rings (SSSR count). The van der Waals surface area contributed by atoms with Gasteiger partial charge < -0.3 is 19.4 Å². The van der Waals surface area contributed by atoms with E-state index < -0.39 is 0 Å². The van der Waals surface area contributed by atoms with Crippen molar-refractivity contribution in [2.75, 3.05) is 37.6 Å². The summed E-state index contributed by atoms with van der Waals surface area (Å²) in [4.78, 5) is 24.0. The second kappa shape index (κ2) is 9.57. The lowest BCUT2D eigenvalue weighted by Gasteiger charge is -2.41. The molecule has 0 atom stereocenters. The van der Waals surface area contributed by atoms with Crippen LogP contribution in [0, 0.1) is 0 Å². The summed E-state index contributed by atoms with van der Waals surface area (Å²) in [5.74, 6) is 1.17. The van der Waals surface area contributed by atoms with Crippen molar-refractivity contribution in [1.82, 2.24) is 14.8 Å². The highest BCUT2D eigenvalue weighted by Gasteiger charge is 2.32. The third-order valence-electron chi connectivity index (χ3n) is 8.47. The molecular weight excluding hydrogens is 424 g/mol. The number of fused-ring (bicyclic) bond motifs is 1. The molecule has 180 valence electrons. The summed E-state index contributed by atoms with van der Waals surface area (Å²) in [5, 5.41) is 0. The van der Waals surface area contributed by atoms with Gasteiger partial charge in [-0.3, -0.25) is 9.78 Å². The van der Waals surface area contributed by atoms with Gasteiger partial charge in [0, 0.05) is 68.5 Å². The highest BCUT2D eigenvalue weighted by atomic mass is 16.5. The first-order valence-corrected chi connectivity index (χ1v) is 13.2. The van der Waals surface area contributed by atoms with Gasteiger partial charge in [0.2, 0.25) is 0 Å². The summed E-state index contributed by atoms with van der Waals surface area (Å²) in [6, 6.07) is 11.7. The molecule has 0 unspecified atom stereocenters. The Balaban J connectivity index is 1.03. The predicted octanol–water partition coefficient (Wildman–Crippen LogP) is 4.14. The topological polar surface area (TPSA) is 48.9 Å². The number of anilines is 1. The largest absolute Gasteiger partial charge is 0.490 e. The Hall–Kier alpha value is -2.60. The Labute approximate surface area is 202 Å². The van der Waals surface area contributed by atoms with Crippen molar-refractivity contribution >= 4 is 11.6 Å². The van der Waals surface area contributed by atoms with Gasteiger partial charge in [0.25, 0.3) is 5.91 Å². The van der Waals surface area contributed by atoms with Crippen LogP contribution in [0.2, 0.25) is 0 Å². The third-order valence-corrected chi connectivity index (χ3v) is 8.47. The van der Waals surface area contributed by atoms with Gasteiger partial charge in [0.05, 0.1) is 0 Å². The fourth-order valence-electron chi connectivity index (χ4n) is 6.22. The number of rotatable bonds is 5. The molecule has 6 nitrogen and oxygen atoms in total. The number of hydrogen-bond donors (Lipinski definition) is 0. The van der Waals surface area contributed by atoms with Gasteiger partial charge in [0.15, 0.2) is 0 Å². The van der Waals surface area contributed by atoms with Crippen molar-refractivity contribution in [2.45, 2.75) is 69.6 Å². The van der Waals surface area contributed by atoms with Crippen molar-refractivity contribution in [2.24, 2.45) is 0 Å². The Kier molecular flexibility index (Phi) is 6.16. The molecule has 1 aromatic heterocycles. The Morgan fingerprint density at radius 3 is 2.32 bits per heavy atom. The van der Waals surface area contributed by atoms with E-state index >= 15 is 0 Å². The Morgan fingerprint density at radius 2 is 1.62 bits per heavy atom. The maximum atomic E-state index is 12.8. The van der Waals surface area contributed by atoms with Gasteiger partial charge >= 0.3 is 0 Å². The molecule has 0 N–H and O–H groups in total. The molecule has 0 radical (unpaired) electrons. The lowest BCUT2D eigenvalue weighted by molar-refractivity contribution is 0.0493. The molecule has 34 heavy (non-hydrogen) atoms. The fraction of sp³-hybridized carbons (Fsp3) is 0.571. The molecule has 6 heteroatoms. The number of pyridine rings is 1. The number of benzene rings is 1. The molecule has 1 saturated carbocycles. The Morgan fingerprint density at radius 1 is 0.853 bits per heavy atom. The molecule has 3 fully saturated rings. The van der Waals surface area contributed by atoms with Crippen LogP contribution in [-0.4, -0.2) is 71.6 Å². The van der Waals surface area contributed by atoms with Gasteiger partial charge in [-0.2, -0.15) is 0 Å². The summed E-state index contributed by atoms with van der Waals surface area (Å²) < 4.78 is 6.43. The van der Waals surface area contributed by atoms with Crippen LogP contribution in [0.4, 0.5) is 5.69 Å². The lowest BCUT2D eigenvalue weighted by Crippen LogP contribution is -2.46. The van der Waals surface area contributed by atoms with E-state index in [2.05, 4.69) is 33.0 Å². The standard InChI is InChI=1S/C28H36N4O2/c33-28(21-6-13-29-14-7-21)31-15-9-24(10-16-31)32-19-8-22-20-26(4-5-27(22)32)34-25-11-17-30(18-12-25)23-2-1-3-23/h4-7,13-14,20,23-25H,1-3,8-12,15-19H2. The van der Waals surface area contributed by atoms with Crippen molar-refractivity contribution in [3.63, 3.8) is 0 Å². The summed E-state index contributed by atoms with van der Waals surface area (Å²) in [6.07, 6.45) is 13.4. The summed E-state index contributed by atoms with van der Waals surface area (Å²) in [5.41, 5.74) is 3.52. The molecule has 3 aliphatic heterocycles. The zero-order valence-corrected chi connectivity index (χ0v) is 20.1. The molecule has 1 amide bonds. The number of piperidine rings is 2. The highest BCUT2D eigenvalue weighted by Crippen LogP contribution is 2.36. The first-order valence-electron chi connectivity index (χ1n) is 13.2. The lowest BCUT2D eigenvalue weighted by atomic mass is 9.90. The third kappa shape index (κ3) is 4.40. The van der Waals surface area contributed by atoms with Crippen LogP contribution in [0.25, 0.3) is 0 Å². The minimum absolute atomic E-state index is 0.128. The average molecular weight is 461 g/mol. The second-order valence-electron chi connectivity index (χ2n) is 10.4. The molecule has 0 bridgehead atoms. The maximum Gasteiger partial charge on any atom is 0.253 e. The first-order chi connectivity index (χ1) is 16.7. The number of likely N-dealkylation sites (tertiary alicyclic amines) is 2. The molecule has 2 aromatic rings. The van der Waals surface area contributed by atoms with Gasteiger partial charge in [0.1, 0.15) is 11.9 Å². The summed E-state index contributed by atoms with van der Waals surface area (Å²) in [6.45, 7) is 5.09. The molecule has 2 saturated heterocycles. The van der Waals surface area contributed by atoms with Crippen LogP contribution in [0.3, 0.4) is 0 Å². The molecule has 1 aromatic carbocycles. The van der Waals surface area contributed by atoms with Crippen LogP contribution < -0.4 is 9.64 Å². The highest BCUT2D eigenvalue weighted by molar-refractivity contribution is 5.94. The number of carbonyl (C=O) groups is 1. The Bertz CT molecular complexity index is 993. The van der Waals surface area contributed by atoms with Crippen LogP contribution in [-0.2, 0) is 6.42 Å².